The van der Waals surface area contributed by atoms with E-state index in [1.165, 1.54) is 6.42 Å². The average Bonchev–Trinajstić information content (AvgIpc) is 2.47. The van der Waals surface area contributed by atoms with Crippen molar-refractivity contribution in [2.24, 2.45) is 5.41 Å². The first-order chi connectivity index (χ1) is 9.01. The quantitative estimate of drug-likeness (QED) is 0.716. The van der Waals surface area contributed by atoms with Crippen LogP contribution in [0.2, 0.25) is 0 Å². The lowest BCUT2D eigenvalue weighted by Gasteiger charge is -2.35. The normalized spacial score (nSPS) is 24.2. The van der Waals surface area contributed by atoms with Gasteiger partial charge in [0, 0.05) is 17.6 Å². The van der Waals surface area contributed by atoms with Crippen molar-refractivity contribution in [1.29, 1.82) is 0 Å². The Hall–Kier alpha value is -1.23. The van der Waals surface area contributed by atoms with Crippen LogP contribution in [0.25, 0.3) is 0 Å². The Morgan fingerprint density at radius 1 is 1.16 bits per heavy atom. The number of hydrogen-bond donors (Lipinski definition) is 2. The van der Waals surface area contributed by atoms with Crippen molar-refractivity contribution in [3.05, 3.63) is 18.2 Å². The zero-order valence-corrected chi connectivity index (χ0v) is 11.8. The molecule has 1 aromatic rings. The molecular weight excluding hydrogens is 260 g/mol. The number of anilines is 2. The monoisotopic (exact) mass is 280 g/mol. The number of fused-ring (bicyclic) bond motifs is 1. The first kappa shape index (κ1) is 12.8. The molecular formula is C14H20N2O2S. The first-order valence-electron chi connectivity index (χ1n) is 6.87. The maximum Gasteiger partial charge on any atom is 0.181 e. The molecule has 1 saturated carbocycles. The van der Waals surface area contributed by atoms with E-state index in [1.54, 1.807) is 18.2 Å². The maximum absolute atomic E-state index is 12.6. The number of hydrogen-bond acceptors (Lipinski definition) is 4. The molecule has 0 aromatic heterocycles. The summed E-state index contributed by atoms with van der Waals surface area (Å²) in [5.41, 5.74) is 6.85. The summed E-state index contributed by atoms with van der Waals surface area (Å²) in [6.07, 6.45) is 5.50. The molecule has 1 aromatic carbocycles. The van der Waals surface area contributed by atoms with E-state index in [2.05, 4.69) is 5.32 Å². The van der Waals surface area contributed by atoms with Crippen molar-refractivity contribution in [2.45, 2.75) is 37.0 Å². The maximum atomic E-state index is 12.6. The van der Waals surface area contributed by atoms with Crippen molar-refractivity contribution in [3.8, 4) is 0 Å². The highest BCUT2D eigenvalue weighted by atomic mass is 32.2. The van der Waals surface area contributed by atoms with E-state index < -0.39 is 9.84 Å². The average molecular weight is 280 g/mol. The van der Waals surface area contributed by atoms with Crippen molar-refractivity contribution in [3.63, 3.8) is 0 Å². The Kier molecular flexibility index (Phi) is 2.96. The van der Waals surface area contributed by atoms with Gasteiger partial charge in [-0.05, 0) is 31.0 Å². The number of nitrogen functional groups attached to an aromatic ring is 1. The van der Waals surface area contributed by atoms with Crippen molar-refractivity contribution in [2.75, 3.05) is 23.3 Å². The van der Waals surface area contributed by atoms with E-state index in [0.717, 1.165) is 32.2 Å². The topological polar surface area (TPSA) is 72.2 Å². The molecule has 1 aliphatic heterocycles. The minimum absolute atomic E-state index is 0.0924. The van der Waals surface area contributed by atoms with Gasteiger partial charge in [0.05, 0.1) is 16.3 Å². The summed E-state index contributed by atoms with van der Waals surface area (Å²) in [7, 11) is -3.25. The zero-order chi connectivity index (χ0) is 13.5. The highest BCUT2D eigenvalue weighted by Crippen LogP contribution is 2.42. The van der Waals surface area contributed by atoms with Gasteiger partial charge in [0.2, 0.25) is 0 Å². The van der Waals surface area contributed by atoms with Crippen molar-refractivity contribution in [1.82, 2.24) is 0 Å². The van der Waals surface area contributed by atoms with E-state index in [9.17, 15) is 8.42 Å². The second-order valence-electron chi connectivity index (χ2n) is 5.93. The van der Waals surface area contributed by atoms with Gasteiger partial charge in [-0.1, -0.05) is 19.3 Å². The number of nitrogens with two attached hydrogens (primary N) is 1. The van der Waals surface area contributed by atoms with Crippen molar-refractivity contribution < 1.29 is 8.42 Å². The van der Waals surface area contributed by atoms with Crippen molar-refractivity contribution >= 4 is 21.2 Å². The summed E-state index contributed by atoms with van der Waals surface area (Å²) in [5.74, 6) is 0.253. The molecule has 1 aliphatic carbocycles. The van der Waals surface area contributed by atoms with Gasteiger partial charge < -0.3 is 11.1 Å². The lowest BCUT2D eigenvalue weighted by molar-refractivity contribution is 0.237. The Balaban J connectivity index is 2.04. The number of rotatable bonds is 0. The molecule has 2 aliphatic rings. The number of benzene rings is 1. The summed E-state index contributed by atoms with van der Waals surface area (Å²) in [6.45, 7) is 0.753. The number of sulfone groups is 1. The van der Waals surface area contributed by atoms with Crippen LogP contribution in [0.3, 0.4) is 0 Å². The van der Waals surface area contributed by atoms with E-state index in [0.29, 0.717) is 16.3 Å². The van der Waals surface area contributed by atoms with Crippen LogP contribution in [-0.4, -0.2) is 20.7 Å². The molecule has 1 spiro atoms. The summed E-state index contributed by atoms with van der Waals surface area (Å²) in [6, 6.07) is 5.11. The molecule has 19 heavy (non-hydrogen) atoms. The fourth-order valence-electron chi connectivity index (χ4n) is 3.38. The van der Waals surface area contributed by atoms with Crippen LogP contribution in [-0.2, 0) is 9.84 Å². The van der Waals surface area contributed by atoms with Gasteiger partial charge in [-0.25, -0.2) is 8.42 Å². The minimum atomic E-state index is -3.25. The second-order valence-corrected chi connectivity index (χ2v) is 7.89. The molecule has 0 radical (unpaired) electrons. The van der Waals surface area contributed by atoms with E-state index in [-0.39, 0.29) is 11.2 Å². The molecule has 0 unspecified atom stereocenters. The van der Waals surface area contributed by atoms with E-state index >= 15 is 0 Å². The molecule has 0 atom stereocenters. The molecule has 5 heteroatoms. The Morgan fingerprint density at radius 3 is 2.63 bits per heavy atom. The van der Waals surface area contributed by atoms with E-state index in [4.69, 9.17) is 5.73 Å². The summed E-state index contributed by atoms with van der Waals surface area (Å²) in [5, 5.41) is 3.33. The molecule has 0 saturated heterocycles. The third-order valence-corrected chi connectivity index (χ3v) is 6.41. The third-order valence-electron chi connectivity index (χ3n) is 4.40. The van der Waals surface area contributed by atoms with Crippen LogP contribution >= 0.6 is 0 Å². The summed E-state index contributed by atoms with van der Waals surface area (Å²) < 4.78 is 25.2. The molecule has 1 heterocycles. The summed E-state index contributed by atoms with van der Waals surface area (Å²) >= 11 is 0. The Bertz CT molecular complexity index is 589. The SMILES string of the molecule is Nc1ccc2c(c1)S(=O)(=O)CC1(CCCCC1)CN2. The molecule has 0 bridgehead atoms. The van der Waals surface area contributed by atoms with E-state index in [1.807, 2.05) is 0 Å². The summed E-state index contributed by atoms with van der Waals surface area (Å²) in [4.78, 5) is 0.370. The third kappa shape index (κ3) is 2.31. The molecule has 4 nitrogen and oxygen atoms in total. The fourth-order valence-corrected chi connectivity index (χ4v) is 5.52. The van der Waals surface area contributed by atoms with Gasteiger partial charge in [-0.3, -0.25) is 0 Å². The predicted molar refractivity (Wildman–Crippen MR) is 76.9 cm³/mol. The van der Waals surface area contributed by atoms with Crippen LogP contribution in [0, 0.1) is 5.41 Å². The van der Waals surface area contributed by atoms with Gasteiger partial charge in [0.1, 0.15) is 0 Å². The molecule has 0 amide bonds. The molecule has 1 fully saturated rings. The highest BCUT2D eigenvalue weighted by molar-refractivity contribution is 7.91. The van der Waals surface area contributed by atoms with Crippen LogP contribution in [0.15, 0.2) is 23.1 Å². The first-order valence-corrected chi connectivity index (χ1v) is 8.52. The van der Waals surface area contributed by atoms with Gasteiger partial charge in [-0.15, -0.1) is 0 Å². The molecule has 104 valence electrons. The predicted octanol–water partition coefficient (Wildman–Crippen LogP) is 2.42. The minimum Gasteiger partial charge on any atom is -0.399 e. The lowest BCUT2D eigenvalue weighted by Crippen LogP contribution is -2.36. The molecule has 3 N–H and O–H groups in total. The van der Waals surface area contributed by atoms with Gasteiger partial charge >= 0.3 is 0 Å². The van der Waals surface area contributed by atoms with Crippen LogP contribution in [0.4, 0.5) is 11.4 Å². The Labute approximate surface area is 114 Å². The lowest BCUT2D eigenvalue weighted by atomic mass is 9.75. The van der Waals surface area contributed by atoms with Gasteiger partial charge in [0.15, 0.2) is 9.84 Å². The second kappa shape index (κ2) is 4.40. The van der Waals surface area contributed by atoms with Crippen LogP contribution in [0.1, 0.15) is 32.1 Å². The van der Waals surface area contributed by atoms with Gasteiger partial charge in [0.25, 0.3) is 0 Å². The Morgan fingerprint density at radius 2 is 1.89 bits per heavy atom. The standard InChI is InChI=1S/C14H20N2O2S/c15-11-4-5-12-13(8-11)19(17,18)10-14(9-16-12)6-2-1-3-7-14/h4-5,8,16H,1-3,6-7,9-10,15H2. The van der Waals surface area contributed by atoms with Crippen LogP contribution < -0.4 is 11.1 Å². The van der Waals surface area contributed by atoms with Crippen LogP contribution in [0.5, 0.6) is 0 Å². The highest BCUT2D eigenvalue weighted by Gasteiger charge is 2.40. The zero-order valence-electron chi connectivity index (χ0n) is 11.0. The number of nitrogens with one attached hydrogen (secondary N) is 1. The fraction of sp³-hybridized carbons (Fsp3) is 0.571. The molecule has 3 rings (SSSR count). The smallest absolute Gasteiger partial charge is 0.181 e. The largest absolute Gasteiger partial charge is 0.399 e. The van der Waals surface area contributed by atoms with Gasteiger partial charge in [-0.2, -0.15) is 0 Å².